The van der Waals surface area contributed by atoms with Crippen LogP contribution in [-0.2, 0) is 16.1 Å². The van der Waals surface area contributed by atoms with E-state index in [-0.39, 0.29) is 31.2 Å². The molecule has 0 bridgehead atoms. The van der Waals surface area contributed by atoms with E-state index in [1.54, 1.807) is 10.8 Å². The molecule has 1 aliphatic heterocycles. The molecule has 1 aromatic rings. The van der Waals surface area contributed by atoms with Crippen LogP contribution in [0.15, 0.2) is 19.4 Å². The summed E-state index contributed by atoms with van der Waals surface area (Å²) in [5, 5.41) is 2.46. The van der Waals surface area contributed by atoms with Crippen LogP contribution in [0.3, 0.4) is 0 Å². The summed E-state index contributed by atoms with van der Waals surface area (Å²) in [5.74, 6) is -0.934. The highest BCUT2D eigenvalue weighted by Gasteiger charge is 2.39. The number of hydrogen-bond donors (Lipinski definition) is 1. The lowest BCUT2D eigenvalue weighted by atomic mass is 10.1. The third-order valence-electron chi connectivity index (χ3n) is 4.36. The molecule has 1 aromatic heterocycles. The number of nitrogens with one attached hydrogen (secondary N) is 1. The van der Waals surface area contributed by atoms with Crippen LogP contribution >= 0.6 is 0 Å². The number of likely N-dealkylation sites (N-methyl/N-ethyl adjacent to an activating group) is 1. The molecule has 0 aliphatic carbocycles. The lowest BCUT2D eigenvalue weighted by Gasteiger charge is -2.23. The summed E-state index contributed by atoms with van der Waals surface area (Å²) >= 11 is 0. The van der Waals surface area contributed by atoms with Crippen molar-refractivity contribution in [3.8, 4) is 0 Å². The van der Waals surface area contributed by atoms with Crippen LogP contribution in [0.25, 0.3) is 12.2 Å². The van der Waals surface area contributed by atoms with Crippen molar-refractivity contribution in [3.63, 3.8) is 0 Å². The van der Waals surface area contributed by atoms with Crippen molar-refractivity contribution in [3.05, 3.63) is 36.2 Å². The lowest BCUT2D eigenvalue weighted by Crippen LogP contribution is -2.46. The first-order valence-electron chi connectivity index (χ1n) is 7.98. The molecule has 2 amide bonds. The van der Waals surface area contributed by atoms with Crippen molar-refractivity contribution in [1.29, 1.82) is 0 Å². The van der Waals surface area contributed by atoms with Gasteiger partial charge < -0.3 is 14.8 Å². The fraction of sp³-hybridized carbons (Fsp3) is 0.389. The van der Waals surface area contributed by atoms with Crippen LogP contribution in [0.1, 0.15) is 35.0 Å². The summed E-state index contributed by atoms with van der Waals surface area (Å²) in [6.45, 7) is 8.61. The number of alkyl halides is 1. The second-order valence-electron chi connectivity index (χ2n) is 5.94. The number of rotatable bonds is 6. The number of likely N-dealkylation sites (tertiary alicyclic amines) is 1. The Labute approximate surface area is 146 Å². The van der Waals surface area contributed by atoms with Gasteiger partial charge in [-0.1, -0.05) is 19.2 Å². The zero-order valence-electron chi connectivity index (χ0n) is 14.4. The minimum absolute atomic E-state index is 0.0119. The third kappa shape index (κ3) is 3.55. The van der Waals surface area contributed by atoms with Gasteiger partial charge in [-0.3, -0.25) is 14.4 Å². The maximum Gasteiger partial charge on any atom is 0.243 e. The quantitative estimate of drug-likeness (QED) is 0.796. The van der Waals surface area contributed by atoms with Gasteiger partial charge in [0, 0.05) is 36.5 Å². The molecule has 2 rings (SSSR count). The van der Waals surface area contributed by atoms with Crippen molar-refractivity contribution in [2.45, 2.75) is 32.1 Å². The number of halogens is 1. The van der Waals surface area contributed by atoms with Crippen molar-refractivity contribution in [2.24, 2.45) is 0 Å². The number of Topliss-reactive ketones (excluding diaryl/α,β-unsaturated/α-hetero) is 1. The fourth-order valence-corrected chi connectivity index (χ4v) is 3.15. The van der Waals surface area contributed by atoms with Crippen molar-refractivity contribution >= 4 is 29.7 Å². The zero-order valence-corrected chi connectivity index (χ0v) is 14.4. The van der Waals surface area contributed by atoms with E-state index in [4.69, 9.17) is 0 Å². The van der Waals surface area contributed by atoms with Crippen LogP contribution in [0, 0.1) is 0 Å². The SMILES string of the molecule is C=Cc1c(C(C)=O)cn(CC(=O)N2CC(F)CC2C(=O)NC)c1C=C. The van der Waals surface area contributed by atoms with Crippen LogP contribution in [0.5, 0.6) is 0 Å². The second-order valence-corrected chi connectivity index (χ2v) is 5.94. The van der Waals surface area contributed by atoms with Gasteiger partial charge in [0.1, 0.15) is 18.8 Å². The first-order valence-corrected chi connectivity index (χ1v) is 7.98. The number of aromatic nitrogens is 1. The minimum Gasteiger partial charge on any atom is -0.357 e. The average molecular weight is 347 g/mol. The molecule has 2 atom stereocenters. The summed E-state index contributed by atoms with van der Waals surface area (Å²) in [6.07, 6.45) is 3.39. The Balaban J connectivity index is 2.31. The minimum atomic E-state index is -1.23. The lowest BCUT2D eigenvalue weighted by molar-refractivity contribution is -0.138. The first-order chi connectivity index (χ1) is 11.8. The van der Waals surface area contributed by atoms with Crippen LogP contribution in [-0.4, -0.2) is 52.9 Å². The molecule has 0 radical (unpaired) electrons. The van der Waals surface area contributed by atoms with Crippen LogP contribution in [0.2, 0.25) is 0 Å². The standard InChI is InChI=1S/C18H22FN3O3/c1-5-13-14(11(3)23)9-21(15(13)6-2)10-17(24)22-8-12(19)7-16(22)18(25)20-4/h5-6,9,12,16H,1-2,7-8,10H2,3-4H3,(H,20,25). The normalized spacial score (nSPS) is 19.6. The summed E-state index contributed by atoms with van der Waals surface area (Å²) in [4.78, 5) is 37.6. The molecule has 6 nitrogen and oxygen atoms in total. The Morgan fingerprint density at radius 1 is 1.36 bits per heavy atom. The number of carbonyl (C=O) groups excluding carboxylic acids is 3. The topological polar surface area (TPSA) is 71.4 Å². The van der Waals surface area contributed by atoms with E-state index in [0.717, 1.165) is 0 Å². The van der Waals surface area contributed by atoms with E-state index < -0.39 is 18.1 Å². The first kappa shape index (κ1) is 18.6. The maximum absolute atomic E-state index is 13.7. The molecule has 0 saturated carbocycles. The summed E-state index contributed by atoms with van der Waals surface area (Å²) in [6, 6.07) is -0.818. The highest BCUT2D eigenvalue weighted by Crippen LogP contribution is 2.24. The van der Waals surface area contributed by atoms with E-state index in [0.29, 0.717) is 16.8 Å². The van der Waals surface area contributed by atoms with Gasteiger partial charge in [-0.05, 0) is 13.0 Å². The van der Waals surface area contributed by atoms with Crippen molar-refractivity contribution in [1.82, 2.24) is 14.8 Å². The van der Waals surface area contributed by atoms with Crippen molar-refractivity contribution < 1.29 is 18.8 Å². The highest BCUT2D eigenvalue weighted by atomic mass is 19.1. The Morgan fingerprint density at radius 3 is 2.56 bits per heavy atom. The number of hydrogen-bond acceptors (Lipinski definition) is 3. The van der Waals surface area contributed by atoms with Gasteiger partial charge >= 0.3 is 0 Å². The maximum atomic E-state index is 13.7. The molecule has 7 heteroatoms. The largest absolute Gasteiger partial charge is 0.357 e. The highest BCUT2D eigenvalue weighted by molar-refractivity contribution is 5.99. The predicted octanol–water partition coefficient (Wildman–Crippen LogP) is 1.66. The van der Waals surface area contributed by atoms with Gasteiger partial charge in [0.05, 0.1) is 6.54 Å². The summed E-state index contributed by atoms with van der Waals surface area (Å²) < 4.78 is 15.3. The van der Waals surface area contributed by atoms with Gasteiger partial charge in [0.2, 0.25) is 11.8 Å². The smallest absolute Gasteiger partial charge is 0.243 e. The molecule has 2 heterocycles. The molecule has 134 valence electrons. The van der Waals surface area contributed by atoms with E-state index >= 15 is 0 Å². The third-order valence-corrected chi connectivity index (χ3v) is 4.36. The zero-order chi connectivity index (χ0) is 18.7. The summed E-state index contributed by atoms with van der Waals surface area (Å²) in [7, 11) is 1.45. The molecule has 1 aliphatic rings. The van der Waals surface area contributed by atoms with Crippen LogP contribution < -0.4 is 5.32 Å². The Hall–Kier alpha value is -2.70. The monoisotopic (exact) mass is 347 g/mol. The van der Waals surface area contributed by atoms with E-state index in [9.17, 15) is 18.8 Å². The van der Waals surface area contributed by atoms with Gasteiger partial charge in [-0.15, -0.1) is 0 Å². The molecule has 2 unspecified atom stereocenters. The van der Waals surface area contributed by atoms with Gasteiger partial charge in [0.25, 0.3) is 0 Å². The Bertz CT molecular complexity index is 738. The molecule has 0 aromatic carbocycles. The number of nitrogens with zero attached hydrogens (tertiary/aromatic N) is 2. The summed E-state index contributed by atoms with van der Waals surface area (Å²) in [5.41, 5.74) is 1.62. The number of ketones is 1. The average Bonchev–Trinajstić information content (AvgIpc) is 3.14. The number of carbonyl (C=O) groups is 3. The van der Waals surface area contributed by atoms with Gasteiger partial charge in [0.15, 0.2) is 5.78 Å². The molecular formula is C18H22FN3O3. The van der Waals surface area contributed by atoms with Gasteiger partial charge in [-0.25, -0.2) is 4.39 Å². The van der Waals surface area contributed by atoms with Crippen molar-refractivity contribution in [2.75, 3.05) is 13.6 Å². The second kappa shape index (κ2) is 7.46. The molecule has 0 spiro atoms. The Kier molecular flexibility index (Phi) is 5.56. The van der Waals surface area contributed by atoms with E-state index in [1.807, 2.05) is 0 Å². The number of amides is 2. The molecule has 1 fully saturated rings. The van der Waals surface area contributed by atoms with Gasteiger partial charge in [-0.2, -0.15) is 0 Å². The van der Waals surface area contributed by atoms with E-state index in [2.05, 4.69) is 18.5 Å². The fourth-order valence-electron chi connectivity index (χ4n) is 3.15. The molecule has 1 N–H and O–H groups in total. The molecular weight excluding hydrogens is 325 g/mol. The molecule has 1 saturated heterocycles. The molecule has 25 heavy (non-hydrogen) atoms. The predicted molar refractivity (Wildman–Crippen MR) is 93.7 cm³/mol. The van der Waals surface area contributed by atoms with E-state index in [1.165, 1.54) is 31.0 Å². The Morgan fingerprint density at radius 2 is 2.04 bits per heavy atom. The van der Waals surface area contributed by atoms with Crippen LogP contribution in [0.4, 0.5) is 4.39 Å².